The van der Waals surface area contributed by atoms with Gasteiger partial charge in [0.05, 0.1) is 5.75 Å². The van der Waals surface area contributed by atoms with Crippen molar-refractivity contribution in [2.45, 2.75) is 18.6 Å². The molecule has 16 heavy (non-hydrogen) atoms. The van der Waals surface area contributed by atoms with Gasteiger partial charge in [0.25, 0.3) is 0 Å². The molecule has 0 heterocycles. The Hall–Kier alpha value is -0.320. The molecule has 0 aliphatic heterocycles. The Bertz CT molecular complexity index is 337. The summed E-state index contributed by atoms with van der Waals surface area (Å²) in [5.41, 5.74) is 0.742. The molecule has 1 N–H and O–H groups in total. The maximum absolute atomic E-state index is 11.8. The zero-order chi connectivity index (χ0) is 12.0. The second-order valence-corrected chi connectivity index (χ2v) is 5.91. The maximum atomic E-state index is 11.8. The molecule has 0 aliphatic rings. The van der Waals surface area contributed by atoms with Gasteiger partial charge in [-0.3, -0.25) is 4.79 Å². The molecule has 0 radical (unpaired) electrons. The molecule has 4 heteroatoms. The van der Waals surface area contributed by atoms with Gasteiger partial charge in [0.2, 0.25) is 0 Å². The fourth-order valence-corrected chi connectivity index (χ4v) is 2.34. The Labute approximate surface area is 109 Å². The highest BCUT2D eigenvalue weighted by atomic mass is 79.9. The minimum absolute atomic E-state index is 0.141. The zero-order valence-electron chi connectivity index (χ0n) is 9.15. The van der Waals surface area contributed by atoms with Crippen LogP contribution >= 0.6 is 27.7 Å². The van der Waals surface area contributed by atoms with Crippen molar-refractivity contribution < 1.29 is 9.90 Å². The van der Waals surface area contributed by atoms with Gasteiger partial charge < -0.3 is 5.11 Å². The van der Waals surface area contributed by atoms with Crippen molar-refractivity contribution in [2.24, 2.45) is 0 Å². The summed E-state index contributed by atoms with van der Waals surface area (Å²) in [5.74, 6) is 0.616. The molecule has 0 saturated carbocycles. The average Bonchev–Trinajstić information content (AvgIpc) is 2.27. The topological polar surface area (TPSA) is 37.3 Å². The lowest BCUT2D eigenvalue weighted by molar-refractivity contribution is 0.102. The van der Waals surface area contributed by atoms with E-state index in [1.54, 1.807) is 11.8 Å². The van der Waals surface area contributed by atoms with Crippen molar-refractivity contribution >= 4 is 33.5 Å². The number of carbonyl (C=O) groups is 1. The molecule has 0 fully saturated rings. The van der Waals surface area contributed by atoms with Gasteiger partial charge in [-0.05, 0) is 18.6 Å². The number of carbonyl (C=O) groups excluding carboxylic acids is 1. The van der Waals surface area contributed by atoms with Crippen LogP contribution in [0.1, 0.15) is 23.7 Å². The Kier molecular flexibility index (Phi) is 6.09. The van der Waals surface area contributed by atoms with E-state index in [9.17, 15) is 4.79 Å². The first-order chi connectivity index (χ1) is 7.63. The second kappa shape index (κ2) is 7.09. The van der Waals surface area contributed by atoms with E-state index in [2.05, 4.69) is 15.9 Å². The Balaban J connectivity index is 2.43. The van der Waals surface area contributed by atoms with Crippen LogP contribution in [0.3, 0.4) is 0 Å². The first-order valence-electron chi connectivity index (χ1n) is 5.14. The molecule has 1 aromatic rings. The summed E-state index contributed by atoms with van der Waals surface area (Å²) >= 11 is 4.92. The van der Waals surface area contributed by atoms with Crippen LogP contribution in [0.15, 0.2) is 28.7 Å². The lowest BCUT2D eigenvalue weighted by Gasteiger charge is -2.08. The number of Topliss-reactive ketones (excluding diaryl/α,β-unsaturated/α-hetero) is 1. The van der Waals surface area contributed by atoms with Crippen LogP contribution in [0, 0.1) is 0 Å². The number of aliphatic hydroxyl groups excluding tert-OH is 1. The van der Waals surface area contributed by atoms with E-state index < -0.39 is 0 Å². The summed E-state index contributed by atoms with van der Waals surface area (Å²) in [5, 5.41) is 9.07. The highest BCUT2D eigenvalue weighted by Gasteiger charge is 2.08. The molecule has 1 atom stereocenters. The van der Waals surface area contributed by atoms with Crippen LogP contribution in [-0.4, -0.2) is 28.5 Å². The van der Waals surface area contributed by atoms with E-state index in [1.807, 2.05) is 31.2 Å². The van der Waals surface area contributed by atoms with Gasteiger partial charge in [-0.15, -0.1) is 0 Å². The van der Waals surface area contributed by atoms with Crippen LogP contribution in [0.5, 0.6) is 0 Å². The van der Waals surface area contributed by atoms with E-state index in [1.165, 1.54) is 0 Å². The normalized spacial score (nSPS) is 12.4. The number of halogens is 1. The Morgan fingerprint density at radius 3 is 2.62 bits per heavy atom. The summed E-state index contributed by atoms with van der Waals surface area (Å²) in [7, 11) is 0. The van der Waals surface area contributed by atoms with Crippen molar-refractivity contribution in [1.29, 1.82) is 0 Å². The number of rotatable bonds is 6. The number of hydrogen-bond donors (Lipinski definition) is 1. The minimum atomic E-state index is 0.141. The van der Waals surface area contributed by atoms with E-state index in [4.69, 9.17) is 5.11 Å². The van der Waals surface area contributed by atoms with Crippen molar-refractivity contribution in [3.8, 4) is 0 Å². The monoisotopic (exact) mass is 302 g/mol. The third-order valence-electron chi connectivity index (χ3n) is 2.20. The Morgan fingerprint density at radius 1 is 1.44 bits per heavy atom. The molecule has 0 aliphatic carbocycles. The summed E-state index contributed by atoms with van der Waals surface area (Å²) in [6, 6.07) is 7.39. The molecule has 2 nitrogen and oxygen atoms in total. The fraction of sp³-hybridized carbons (Fsp3) is 0.417. The van der Waals surface area contributed by atoms with E-state index in [0.717, 1.165) is 16.5 Å². The Morgan fingerprint density at radius 2 is 2.06 bits per heavy atom. The van der Waals surface area contributed by atoms with Crippen LogP contribution in [-0.2, 0) is 0 Å². The SMILES string of the molecule is CC(CCO)SCC(=O)c1ccc(Br)cc1. The minimum Gasteiger partial charge on any atom is -0.396 e. The number of aliphatic hydroxyl groups is 1. The van der Waals surface area contributed by atoms with Crippen LogP contribution < -0.4 is 0 Å². The van der Waals surface area contributed by atoms with Gasteiger partial charge in [-0.1, -0.05) is 35.0 Å². The van der Waals surface area contributed by atoms with Crippen molar-refractivity contribution in [2.75, 3.05) is 12.4 Å². The summed E-state index contributed by atoms with van der Waals surface area (Å²) < 4.78 is 0.977. The van der Waals surface area contributed by atoms with Gasteiger partial charge in [-0.2, -0.15) is 11.8 Å². The van der Waals surface area contributed by atoms with Gasteiger partial charge >= 0.3 is 0 Å². The highest BCUT2D eigenvalue weighted by molar-refractivity contribution is 9.10. The number of ketones is 1. The number of thioether (sulfide) groups is 1. The lowest BCUT2D eigenvalue weighted by atomic mass is 10.2. The zero-order valence-corrected chi connectivity index (χ0v) is 11.6. The standard InChI is InChI=1S/C12H15BrO2S/c1-9(6-7-14)16-8-12(15)10-2-4-11(13)5-3-10/h2-5,9,14H,6-8H2,1H3. The van der Waals surface area contributed by atoms with Crippen molar-refractivity contribution in [1.82, 2.24) is 0 Å². The van der Waals surface area contributed by atoms with Crippen molar-refractivity contribution in [3.63, 3.8) is 0 Å². The van der Waals surface area contributed by atoms with Gasteiger partial charge in [0, 0.05) is 21.9 Å². The van der Waals surface area contributed by atoms with Crippen LogP contribution in [0.2, 0.25) is 0 Å². The van der Waals surface area contributed by atoms with Gasteiger partial charge in [0.15, 0.2) is 5.78 Å². The van der Waals surface area contributed by atoms with Crippen molar-refractivity contribution in [3.05, 3.63) is 34.3 Å². The quantitative estimate of drug-likeness (QED) is 0.820. The van der Waals surface area contributed by atoms with Gasteiger partial charge in [-0.25, -0.2) is 0 Å². The van der Waals surface area contributed by atoms with Gasteiger partial charge in [0.1, 0.15) is 0 Å². The van der Waals surface area contributed by atoms with E-state index in [-0.39, 0.29) is 12.4 Å². The summed E-state index contributed by atoms with van der Waals surface area (Å²) in [6.07, 6.45) is 0.734. The largest absolute Gasteiger partial charge is 0.396 e. The number of benzene rings is 1. The first kappa shape index (κ1) is 13.7. The third kappa shape index (κ3) is 4.68. The summed E-state index contributed by atoms with van der Waals surface area (Å²) in [4.78, 5) is 11.8. The maximum Gasteiger partial charge on any atom is 0.172 e. The fourth-order valence-electron chi connectivity index (χ4n) is 1.20. The second-order valence-electron chi connectivity index (χ2n) is 3.56. The predicted molar refractivity (Wildman–Crippen MR) is 72.1 cm³/mol. The first-order valence-corrected chi connectivity index (χ1v) is 6.99. The molecule has 1 aromatic carbocycles. The predicted octanol–water partition coefficient (Wildman–Crippen LogP) is 3.14. The number of hydrogen-bond acceptors (Lipinski definition) is 3. The lowest BCUT2D eigenvalue weighted by Crippen LogP contribution is -2.07. The molecule has 0 bridgehead atoms. The highest BCUT2D eigenvalue weighted by Crippen LogP contribution is 2.17. The summed E-state index contributed by atoms with van der Waals surface area (Å²) in [6.45, 7) is 2.20. The molecular formula is C12H15BrO2S. The van der Waals surface area contributed by atoms with Crippen LogP contribution in [0.4, 0.5) is 0 Å². The molecule has 0 amide bonds. The smallest absolute Gasteiger partial charge is 0.172 e. The molecule has 1 rings (SSSR count). The van der Waals surface area contributed by atoms with E-state index >= 15 is 0 Å². The molecular weight excluding hydrogens is 288 g/mol. The average molecular weight is 303 g/mol. The van der Waals surface area contributed by atoms with E-state index in [0.29, 0.717) is 11.0 Å². The molecule has 0 spiro atoms. The molecule has 0 aromatic heterocycles. The third-order valence-corrected chi connectivity index (χ3v) is 3.96. The molecule has 1 unspecified atom stereocenters. The van der Waals surface area contributed by atoms with Crippen LogP contribution in [0.25, 0.3) is 0 Å². The molecule has 88 valence electrons. The molecule has 0 saturated heterocycles.